The van der Waals surface area contributed by atoms with Crippen molar-refractivity contribution in [1.82, 2.24) is 0 Å². The first kappa shape index (κ1) is 10.7. The fraction of sp³-hybridized carbons (Fsp3) is 0.636. The van der Waals surface area contributed by atoms with Crippen molar-refractivity contribution < 1.29 is 4.21 Å². The van der Waals surface area contributed by atoms with Crippen molar-refractivity contribution in [3.05, 3.63) is 24.3 Å². The van der Waals surface area contributed by atoms with Crippen LogP contribution in [0.2, 0.25) is 0 Å². The summed E-state index contributed by atoms with van der Waals surface area (Å²) in [5, 5.41) is 0. The first-order valence-corrected chi connectivity index (χ1v) is 6.17. The molecule has 0 spiro atoms. The molecular weight excluding hydrogens is 180 g/mol. The molecule has 0 aromatic rings. The van der Waals surface area contributed by atoms with Crippen LogP contribution in [0.3, 0.4) is 0 Å². The van der Waals surface area contributed by atoms with Crippen LogP contribution in [-0.4, -0.2) is 14.7 Å². The van der Waals surface area contributed by atoms with E-state index in [0.29, 0.717) is 5.92 Å². The minimum absolute atomic E-state index is 0.148. The van der Waals surface area contributed by atoms with Gasteiger partial charge >= 0.3 is 0 Å². The summed E-state index contributed by atoms with van der Waals surface area (Å²) in [6.07, 6.45) is 9.26. The maximum Gasteiger partial charge on any atom is 0.0672 e. The lowest BCUT2D eigenvalue weighted by Gasteiger charge is -2.31. The van der Waals surface area contributed by atoms with E-state index in [9.17, 15) is 4.21 Å². The van der Waals surface area contributed by atoms with Gasteiger partial charge in [-0.3, -0.25) is 4.21 Å². The van der Waals surface area contributed by atoms with Crippen LogP contribution in [0.15, 0.2) is 24.3 Å². The van der Waals surface area contributed by atoms with Crippen LogP contribution < -0.4 is 0 Å². The smallest absolute Gasteiger partial charge is 0.0672 e. The van der Waals surface area contributed by atoms with E-state index in [1.807, 2.05) is 12.2 Å². The molecule has 13 heavy (non-hydrogen) atoms. The fourth-order valence-electron chi connectivity index (χ4n) is 1.51. The molecule has 0 bridgehead atoms. The lowest BCUT2D eigenvalue weighted by Crippen LogP contribution is -2.37. The Morgan fingerprint density at radius 2 is 2.15 bits per heavy atom. The molecule has 0 amide bonds. The van der Waals surface area contributed by atoms with E-state index < -0.39 is 10.8 Å². The molecule has 0 aromatic carbocycles. The second-order valence-corrected chi connectivity index (χ2v) is 5.75. The number of allylic oxidation sites excluding steroid dienone is 3. The predicted molar refractivity (Wildman–Crippen MR) is 59.1 cm³/mol. The van der Waals surface area contributed by atoms with E-state index in [2.05, 4.69) is 32.9 Å². The minimum Gasteiger partial charge on any atom is -0.259 e. The molecule has 0 aromatic heterocycles. The van der Waals surface area contributed by atoms with Gasteiger partial charge in [0, 0.05) is 16.6 Å². The molecule has 0 aliphatic heterocycles. The normalized spacial score (nSPS) is 34.8. The summed E-state index contributed by atoms with van der Waals surface area (Å²) in [5.74, 6) is 1.18. The number of hydrogen-bond donors (Lipinski definition) is 0. The highest BCUT2D eigenvalue weighted by molar-refractivity contribution is 7.86. The van der Waals surface area contributed by atoms with Crippen LogP contribution in [0.25, 0.3) is 0 Å². The average Bonchev–Trinajstić information content (AvgIpc) is 2.11. The Bertz CT molecular complexity index is 255. The molecule has 2 heteroatoms. The lowest BCUT2D eigenvalue weighted by atomic mass is 9.91. The zero-order valence-corrected chi connectivity index (χ0v) is 9.43. The highest BCUT2D eigenvalue weighted by Crippen LogP contribution is 2.30. The summed E-state index contributed by atoms with van der Waals surface area (Å²) in [6.45, 7) is 6.30. The third kappa shape index (κ3) is 2.11. The van der Waals surface area contributed by atoms with Crippen molar-refractivity contribution in [1.29, 1.82) is 0 Å². The van der Waals surface area contributed by atoms with Gasteiger partial charge < -0.3 is 0 Å². The SMILES string of the molecule is CCCS(=O)C1(C)C=CC=CC1C. The molecule has 0 saturated heterocycles. The summed E-state index contributed by atoms with van der Waals surface area (Å²) in [6, 6.07) is 0. The summed E-state index contributed by atoms with van der Waals surface area (Å²) in [4.78, 5) is 0. The average molecular weight is 198 g/mol. The first-order chi connectivity index (χ1) is 6.11. The fourth-order valence-corrected chi connectivity index (χ4v) is 3.04. The van der Waals surface area contributed by atoms with Crippen LogP contribution in [0.4, 0.5) is 0 Å². The summed E-state index contributed by atoms with van der Waals surface area (Å²) < 4.78 is 11.8. The molecule has 1 rings (SSSR count). The van der Waals surface area contributed by atoms with E-state index >= 15 is 0 Å². The molecule has 3 unspecified atom stereocenters. The minimum atomic E-state index is -0.740. The second-order valence-electron chi connectivity index (χ2n) is 3.77. The molecule has 0 radical (unpaired) electrons. The first-order valence-electron chi connectivity index (χ1n) is 4.85. The van der Waals surface area contributed by atoms with Gasteiger partial charge in [-0.05, 0) is 19.3 Å². The zero-order chi connectivity index (χ0) is 9.90. The topological polar surface area (TPSA) is 17.1 Å². The lowest BCUT2D eigenvalue weighted by molar-refractivity contribution is 0.564. The van der Waals surface area contributed by atoms with Gasteiger partial charge in [-0.1, -0.05) is 38.2 Å². The van der Waals surface area contributed by atoms with Gasteiger partial charge in [-0.15, -0.1) is 0 Å². The number of rotatable bonds is 3. The van der Waals surface area contributed by atoms with Crippen molar-refractivity contribution >= 4 is 10.8 Å². The standard InChI is InChI=1S/C11H18OS/c1-4-9-13(12)11(3)8-6-5-7-10(11)2/h5-8,10H,4,9H2,1-3H3. The highest BCUT2D eigenvalue weighted by Gasteiger charge is 2.33. The summed E-state index contributed by atoms with van der Waals surface area (Å²) >= 11 is 0. The van der Waals surface area contributed by atoms with Gasteiger partial charge in [-0.25, -0.2) is 0 Å². The van der Waals surface area contributed by atoms with Gasteiger partial charge in [-0.2, -0.15) is 0 Å². The maximum absolute atomic E-state index is 12.0. The van der Waals surface area contributed by atoms with Crippen molar-refractivity contribution in [2.75, 3.05) is 5.75 Å². The third-order valence-corrected chi connectivity index (χ3v) is 4.99. The van der Waals surface area contributed by atoms with Gasteiger partial charge in [0.15, 0.2) is 0 Å². The van der Waals surface area contributed by atoms with Gasteiger partial charge in [0.05, 0.1) is 4.75 Å². The molecular formula is C11H18OS. The van der Waals surface area contributed by atoms with E-state index in [4.69, 9.17) is 0 Å². The Morgan fingerprint density at radius 1 is 1.46 bits per heavy atom. The monoisotopic (exact) mass is 198 g/mol. The Balaban J connectivity index is 2.80. The van der Waals surface area contributed by atoms with Crippen LogP contribution in [0.1, 0.15) is 27.2 Å². The molecule has 1 nitrogen and oxygen atoms in total. The zero-order valence-electron chi connectivity index (χ0n) is 8.62. The van der Waals surface area contributed by atoms with Crippen LogP contribution in [-0.2, 0) is 10.8 Å². The molecule has 0 saturated carbocycles. The van der Waals surface area contributed by atoms with Crippen molar-refractivity contribution in [2.45, 2.75) is 31.9 Å². The maximum atomic E-state index is 12.0. The molecule has 0 fully saturated rings. The van der Waals surface area contributed by atoms with E-state index in [0.717, 1.165) is 12.2 Å². The summed E-state index contributed by atoms with van der Waals surface area (Å²) in [5.41, 5.74) is 0. The van der Waals surface area contributed by atoms with Crippen molar-refractivity contribution in [3.8, 4) is 0 Å². The molecule has 0 N–H and O–H groups in total. The summed E-state index contributed by atoms with van der Waals surface area (Å²) in [7, 11) is -0.740. The molecule has 0 heterocycles. The van der Waals surface area contributed by atoms with E-state index in [1.165, 1.54) is 0 Å². The van der Waals surface area contributed by atoms with Gasteiger partial charge in [0.2, 0.25) is 0 Å². The Morgan fingerprint density at radius 3 is 2.69 bits per heavy atom. The number of hydrogen-bond acceptors (Lipinski definition) is 1. The second kappa shape index (κ2) is 4.23. The largest absolute Gasteiger partial charge is 0.259 e. The Hall–Kier alpha value is -0.370. The quantitative estimate of drug-likeness (QED) is 0.681. The van der Waals surface area contributed by atoms with E-state index in [-0.39, 0.29) is 4.75 Å². The van der Waals surface area contributed by atoms with Crippen LogP contribution in [0, 0.1) is 5.92 Å². The molecule has 1 aliphatic rings. The Kier molecular flexibility index (Phi) is 3.48. The Labute approximate surface area is 83.4 Å². The van der Waals surface area contributed by atoms with Crippen LogP contribution in [0.5, 0.6) is 0 Å². The predicted octanol–water partition coefficient (Wildman–Crippen LogP) is 2.67. The molecule has 1 aliphatic carbocycles. The van der Waals surface area contributed by atoms with Crippen LogP contribution >= 0.6 is 0 Å². The molecule has 3 atom stereocenters. The van der Waals surface area contributed by atoms with E-state index in [1.54, 1.807) is 0 Å². The third-order valence-electron chi connectivity index (χ3n) is 2.72. The van der Waals surface area contributed by atoms with Crippen molar-refractivity contribution in [3.63, 3.8) is 0 Å². The van der Waals surface area contributed by atoms with Gasteiger partial charge in [0.25, 0.3) is 0 Å². The highest BCUT2D eigenvalue weighted by atomic mass is 32.2. The van der Waals surface area contributed by atoms with Gasteiger partial charge in [0.1, 0.15) is 0 Å². The molecule has 74 valence electrons. The van der Waals surface area contributed by atoms with Crippen molar-refractivity contribution in [2.24, 2.45) is 5.92 Å².